The van der Waals surface area contributed by atoms with Crippen LogP contribution in [0.3, 0.4) is 0 Å². The van der Waals surface area contributed by atoms with Crippen LogP contribution >= 0.6 is 0 Å². The van der Waals surface area contributed by atoms with E-state index in [1.807, 2.05) is 14.0 Å². The standard InChI is InChI=1S/C14H21N3O3/c1-3-8-20-14-9-12(4-5-13(14)17(18)19)16-7-6-11(10-16)15-2/h4-5,9,11,15H,3,6-8,10H2,1-2H3. The normalized spacial score (nSPS) is 18.3. The molecule has 1 unspecified atom stereocenters. The lowest BCUT2D eigenvalue weighted by Crippen LogP contribution is -2.29. The number of anilines is 1. The molecular formula is C14H21N3O3. The molecule has 0 saturated carbocycles. The van der Waals surface area contributed by atoms with Crippen LogP contribution in [0, 0.1) is 10.1 Å². The first kappa shape index (κ1) is 14.6. The van der Waals surface area contributed by atoms with E-state index < -0.39 is 4.92 Å². The summed E-state index contributed by atoms with van der Waals surface area (Å²) < 4.78 is 5.52. The summed E-state index contributed by atoms with van der Waals surface area (Å²) in [6, 6.07) is 5.60. The third-order valence-corrected chi connectivity index (χ3v) is 3.56. The van der Waals surface area contributed by atoms with E-state index in [9.17, 15) is 10.1 Å². The van der Waals surface area contributed by atoms with E-state index in [4.69, 9.17) is 4.74 Å². The maximum atomic E-state index is 11.0. The molecule has 6 heteroatoms. The average molecular weight is 279 g/mol. The highest BCUT2D eigenvalue weighted by molar-refractivity contribution is 5.59. The smallest absolute Gasteiger partial charge is 0.311 e. The van der Waals surface area contributed by atoms with Crippen LogP contribution in [0.15, 0.2) is 18.2 Å². The minimum absolute atomic E-state index is 0.0339. The molecule has 0 radical (unpaired) electrons. The molecule has 1 N–H and O–H groups in total. The molecule has 0 bridgehead atoms. The van der Waals surface area contributed by atoms with E-state index >= 15 is 0 Å². The number of rotatable bonds is 6. The fourth-order valence-corrected chi connectivity index (χ4v) is 2.41. The van der Waals surface area contributed by atoms with Gasteiger partial charge < -0.3 is 15.0 Å². The summed E-state index contributed by atoms with van der Waals surface area (Å²) in [7, 11) is 1.96. The zero-order chi connectivity index (χ0) is 14.5. The summed E-state index contributed by atoms with van der Waals surface area (Å²) in [5.41, 5.74) is 1.02. The molecule has 1 aromatic rings. The number of nitrogens with zero attached hydrogens (tertiary/aromatic N) is 2. The molecule has 1 saturated heterocycles. The van der Waals surface area contributed by atoms with Gasteiger partial charge in [0.25, 0.3) is 0 Å². The fraction of sp³-hybridized carbons (Fsp3) is 0.571. The van der Waals surface area contributed by atoms with Crippen LogP contribution in [0.5, 0.6) is 5.75 Å². The Balaban J connectivity index is 2.20. The van der Waals surface area contributed by atoms with Crippen LogP contribution < -0.4 is 15.0 Å². The minimum atomic E-state index is -0.394. The van der Waals surface area contributed by atoms with Crippen LogP contribution in [-0.2, 0) is 0 Å². The number of nitro benzene ring substituents is 1. The summed E-state index contributed by atoms with van der Waals surface area (Å²) in [6.07, 6.45) is 1.91. The number of hydrogen-bond donors (Lipinski definition) is 1. The van der Waals surface area contributed by atoms with Gasteiger partial charge in [-0.2, -0.15) is 0 Å². The molecule has 1 aliphatic heterocycles. The number of nitro groups is 1. The van der Waals surface area contributed by atoms with E-state index in [0.29, 0.717) is 18.4 Å². The van der Waals surface area contributed by atoms with Crippen LogP contribution in [0.2, 0.25) is 0 Å². The molecule has 0 spiro atoms. The van der Waals surface area contributed by atoms with Crippen molar-refractivity contribution >= 4 is 11.4 Å². The molecule has 20 heavy (non-hydrogen) atoms. The molecule has 1 aliphatic rings. The lowest BCUT2D eigenvalue weighted by Gasteiger charge is -2.19. The van der Waals surface area contributed by atoms with E-state index in [0.717, 1.165) is 31.6 Å². The van der Waals surface area contributed by atoms with Crippen molar-refractivity contribution in [2.24, 2.45) is 0 Å². The van der Waals surface area contributed by atoms with Gasteiger partial charge in [0.2, 0.25) is 0 Å². The van der Waals surface area contributed by atoms with Crippen molar-refractivity contribution in [3.63, 3.8) is 0 Å². The number of nitrogens with one attached hydrogen (secondary N) is 1. The molecule has 2 rings (SSSR count). The maximum Gasteiger partial charge on any atom is 0.311 e. The molecule has 1 fully saturated rings. The summed E-state index contributed by atoms with van der Waals surface area (Å²) in [5.74, 6) is 0.363. The van der Waals surface area contributed by atoms with Gasteiger partial charge in [0.15, 0.2) is 5.75 Å². The number of benzene rings is 1. The highest BCUT2D eigenvalue weighted by Crippen LogP contribution is 2.33. The first-order valence-corrected chi connectivity index (χ1v) is 6.99. The van der Waals surface area contributed by atoms with Crippen molar-refractivity contribution in [3.8, 4) is 5.75 Å². The predicted molar refractivity (Wildman–Crippen MR) is 78.6 cm³/mol. The highest BCUT2D eigenvalue weighted by atomic mass is 16.6. The Bertz CT molecular complexity index is 479. The maximum absolute atomic E-state index is 11.0. The Hall–Kier alpha value is -1.82. The van der Waals surface area contributed by atoms with E-state index in [2.05, 4.69) is 10.2 Å². The van der Waals surface area contributed by atoms with Gasteiger partial charge in [-0.25, -0.2) is 0 Å². The lowest BCUT2D eigenvalue weighted by molar-refractivity contribution is -0.385. The molecule has 1 heterocycles. The van der Waals surface area contributed by atoms with E-state index in [1.54, 1.807) is 12.1 Å². The van der Waals surface area contributed by atoms with Crippen molar-refractivity contribution in [2.45, 2.75) is 25.8 Å². The van der Waals surface area contributed by atoms with Crippen molar-refractivity contribution < 1.29 is 9.66 Å². The van der Waals surface area contributed by atoms with Gasteiger partial charge >= 0.3 is 5.69 Å². The van der Waals surface area contributed by atoms with Crippen molar-refractivity contribution in [3.05, 3.63) is 28.3 Å². The largest absolute Gasteiger partial charge is 0.487 e. The summed E-state index contributed by atoms with van der Waals surface area (Å²) in [6.45, 7) is 4.34. The average Bonchev–Trinajstić information content (AvgIpc) is 2.93. The SMILES string of the molecule is CCCOc1cc(N2CCC(NC)C2)ccc1[N+](=O)[O-]. The summed E-state index contributed by atoms with van der Waals surface area (Å²) in [5, 5.41) is 14.3. The zero-order valence-electron chi connectivity index (χ0n) is 12.0. The first-order chi connectivity index (χ1) is 9.65. The molecule has 0 aliphatic carbocycles. The Kier molecular flexibility index (Phi) is 4.79. The van der Waals surface area contributed by atoms with Gasteiger partial charge in [-0.1, -0.05) is 6.92 Å². The summed E-state index contributed by atoms with van der Waals surface area (Å²) in [4.78, 5) is 12.9. The van der Waals surface area contributed by atoms with Gasteiger partial charge in [0.1, 0.15) is 0 Å². The quantitative estimate of drug-likeness (QED) is 0.638. The monoisotopic (exact) mass is 279 g/mol. The van der Waals surface area contributed by atoms with Gasteiger partial charge in [-0.3, -0.25) is 10.1 Å². The third kappa shape index (κ3) is 3.19. The van der Waals surface area contributed by atoms with E-state index in [1.165, 1.54) is 6.07 Å². The van der Waals surface area contributed by atoms with Gasteiger partial charge in [-0.15, -0.1) is 0 Å². The predicted octanol–water partition coefficient (Wildman–Crippen LogP) is 2.18. The van der Waals surface area contributed by atoms with Gasteiger partial charge in [-0.05, 0) is 26.0 Å². The van der Waals surface area contributed by atoms with Crippen LogP contribution in [-0.4, -0.2) is 37.7 Å². The lowest BCUT2D eigenvalue weighted by atomic mass is 10.2. The Labute approximate surface area is 118 Å². The molecular weight excluding hydrogens is 258 g/mol. The topological polar surface area (TPSA) is 67.6 Å². The van der Waals surface area contributed by atoms with Crippen molar-refractivity contribution in [2.75, 3.05) is 31.6 Å². The molecule has 6 nitrogen and oxygen atoms in total. The second kappa shape index (κ2) is 6.56. The third-order valence-electron chi connectivity index (χ3n) is 3.56. The number of hydrogen-bond acceptors (Lipinski definition) is 5. The second-order valence-corrected chi connectivity index (χ2v) is 4.98. The van der Waals surface area contributed by atoms with Crippen LogP contribution in [0.1, 0.15) is 19.8 Å². The molecule has 110 valence electrons. The van der Waals surface area contributed by atoms with Crippen molar-refractivity contribution in [1.82, 2.24) is 5.32 Å². The van der Waals surface area contributed by atoms with Gasteiger partial charge in [0.05, 0.1) is 11.5 Å². The molecule has 0 aromatic heterocycles. The Morgan fingerprint density at radius 3 is 2.95 bits per heavy atom. The number of likely N-dealkylation sites (N-methyl/N-ethyl adjacent to an activating group) is 1. The molecule has 0 amide bonds. The van der Waals surface area contributed by atoms with E-state index in [-0.39, 0.29) is 5.69 Å². The summed E-state index contributed by atoms with van der Waals surface area (Å²) >= 11 is 0. The molecule has 1 aromatic carbocycles. The van der Waals surface area contributed by atoms with Gasteiger partial charge in [0, 0.05) is 37.0 Å². The van der Waals surface area contributed by atoms with Crippen LogP contribution in [0.25, 0.3) is 0 Å². The second-order valence-electron chi connectivity index (χ2n) is 4.98. The number of ether oxygens (including phenoxy) is 1. The zero-order valence-corrected chi connectivity index (χ0v) is 12.0. The Morgan fingerprint density at radius 1 is 1.55 bits per heavy atom. The van der Waals surface area contributed by atoms with Crippen molar-refractivity contribution in [1.29, 1.82) is 0 Å². The Morgan fingerprint density at radius 2 is 2.35 bits per heavy atom. The highest BCUT2D eigenvalue weighted by Gasteiger charge is 2.23. The fourth-order valence-electron chi connectivity index (χ4n) is 2.41. The molecule has 1 atom stereocenters. The van der Waals surface area contributed by atoms with Crippen LogP contribution in [0.4, 0.5) is 11.4 Å². The first-order valence-electron chi connectivity index (χ1n) is 6.99. The minimum Gasteiger partial charge on any atom is -0.487 e.